The number of benzene rings is 8. The van der Waals surface area contributed by atoms with Gasteiger partial charge in [-0.3, -0.25) is 0 Å². The van der Waals surface area contributed by atoms with Crippen molar-refractivity contribution in [2.45, 2.75) is 0 Å². The van der Waals surface area contributed by atoms with Gasteiger partial charge in [-0.2, -0.15) is 5.26 Å². The molecule has 0 aliphatic carbocycles. The molecule has 0 radical (unpaired) electrons. The first-order valence-corrected chi connectivity index (χ1v) is 19.9. The molecular weight excluding hydrogens is 749 g/mol. The van der Waals surface area contributed by atoms with E-state index in [1.54, 1.807) is 12.1 Å². The average Bonchev–Trinajstić information content (AvgIpc) is 3.65. The second-order valence-electron chi connectivity index (χ2n) is 14.7. The molecule has 1 aliphatic rings. The number of para-hydroxylation sites is 5. The molecule has 8 aromatic carbocycles. The summed E-state index contributed by atoms with van der Waals surface area (Å²) in [5.74, 6) is 1.27. The normalized spacial score (nSPS) is 11.8. The molecule has 0 spiro atoms. The number of nitrogens with zero attached hydrogens (tertiary/aromatic N) is 8. The van der Waals surface area contributed by atoms with Crippen molar-refractivity contribution in [1.82, 2.24) is 19.5 Å². The molecule has 0 unspecified atom stereocenters. The first kappa shape index (κ1) is 35.3. The highest BCUT2D eigenvalue weighted by Gasteiger charge is 2.32. The monoisotopic (exact) mass is 780 g/mol. The van der Waals surface area contributed by atoms with Crippen molar-refractivity contribution < 1.29 is 0 Å². The van der Waals surface area contributed by atoms with Crippen LogP contribution in [-0.2, 0) is 0 Å². The van der Waals surface area contributed by atoms with Gasteiger partial charge in [-0.15, -0.1) is 0 Å². The molecule has 0 amide bonds. The van der Waals surface area contributed by atoms with Crippen molar-refractivity contribution in [3.05, 3.63) is 211 Å². The van der Waals surface area contributed by atoms with Crippen molar-refractivity contribution in [3.8, 4) is 45.9 Å². The third-order valence-corrected chi connectivity index (χ3v) is 11.2. The van der Waals surface area contributed by atoms with Gasteiger partial charge >= 0.3 is 0 Å². The maximum Gasteiger partial charge on any atom is 0.200 e. The predicted molar refractivity (Wildman–Crippen MR) is 244 cm³/mol. The Kier molecular flexibility index (Phi) is 8.40. The second kappa shape index (κ2) is 14.5. The Hall–Kier alpha value is -8.85. The number of anilines is 6. The summed E-state index contributed by atoms with van der Waals surface area (Å²) in [5, 5.41) is 13.0. The van der Waals surface area contributed by atoms with Gasteiger partial charge in [0.2, 0.25) is 0 Å². The number of hydrogen-bond acceptors (Lipinski definition) is 6. The van der Waals surface area contributed by atoms with E-state index in [0.29, 0.717) is 40.0 Å². The standard InChI is InChI=1S/C53H32N8/c1-55-43-32-47(37(34-54)30-42(43)53-57-51(35-18-6-2-7-19-35)56-52(58-53)36-20-8-3-9-21-36)61-44-27-15-14-26-40(44)41-31-49-50(33-48(41)61)60(39-24-12-5-13-25-39)46-29-17-16-28-45(46)59(49)38-22-10-4-11-23-38/h2-33H. The lowest BCUT2D eigenvalue weighted by Crippen LogP contribution is -2.24. The molecule has 2 aromatic heterocycles. The number of fused-ring (bicyclic) bond motifs is 5. The van der Waals surface area contributed by atoms with Crippen molar-refractivity contribution in [2.75, 3.05) is 9.80 Å². The highest BCUT2D eigenvalue weighted by atomic mass is 15.3. The maximum atomic E-state index is 11.0. The molecule has 0 N–H and O–H groups in total. The van der Waals surface area contributed by atoms with Crippen molar-refractivity contribution >= 4 is 61.6 Å². The van der Waals surface area contributed by atoms with Crippen LogP contribution in [0.5, 0.6) is 0 Å². The minimum absolute atomic E-state index is 0.316. The Morgan fingerprint density at radius 1 is 0.443 bits per heavy atom. The van der Waals surface area contributed by atoms with E-state index >= 15 is 0 Å². The summed E-state index contributed by atoms with van der Waals surface area (Å²) in [4.78, 5) is 23.4. The maximum absolute atomic E-state index is 11.0. The van der Waals surface area contributed by atoms with E-state index in [1.807, 2.05) is 84.9 Å². The van der Waals surface area contributed by atoms with Crippen LogP contribution < -0.4 is 9.80 Å². The SMILES string of the molecule is [C-]#[N+]c1cc(-n2c3ccccc3c3cc4c(cc32)N(c2ccccc2)c2ccccc2N4c2ccccc2)c(C#N)cc1-c1nc(-c2ccccc2)nc(-c2ccccc2)n1. The number of hydrogen-bond donors (Lipinski definition) is 0. The molecule has 3 heterocycles. The number of nitriles is 1. The van der Waals surface area contributed by atoms with Gasteiger partial charge in [0.05, 0.1) is 51.6 Å². The zero-order valence-corrected chi connectivity index (χ0v) is 32.6. The van der Waals surface area contributed by atoms with Crippen molar-refractivity contribution in [1.29, 1.82) is 5.26 Å². The molecule has 0 bridgehead atoms. The van der Waals surface area contributed by atoms with Crippen LogP contribution >= 0.6 is 0 Å². The Labute approximate surface area is 352 Å². The molecule has 284 valence electrons. The first-order valence-electron chi connectivity index (χ1n) is 19.9. The number of aromatic nitrogens is 4. The lowest BCUT2D eigenvalue weighted by molar-refractivity contribution is 1.07. The van der Waals surface area contributed by atoms with Gasteiger partial charge in [0.25, 0.3) is 0 Å². The molecule has 0 fully saturated rings. The lowest BCUT2D eigenvalue weighted by atomic mass is 10.0. The van der Waals surface area contributed by atoms with E-state index in [4.69, 9.17) is 21.5 Å². The van der Waals surface area contributed by atoms with E-state index in [9.17, 15) is 5.26 Å². The predicted octanol–water partition coefficient (Wildman–Crippen LogP) is 13.6. The highest BCUT2D eigenvalue weighted by Crippen LogP contribution is 2.56. The van der Waals surface area contributed by atoms with E-state index in [-0.39, 0.29) is 0 Å². The smallest absolute Gasteiger partial charge is 0.200 e. The van der Waals surface area contributed by atoms with Crippen LogP contribution in [-0.4, -0.2) is 19.5 Å². The van der Waals surface area contributed by atoms with Gasteiger partial charge < -0.3 is 14.4 Å². The zero-order valence-electron chi connectivity index (χ0n) is 32.6. The summed E-state index contributed by atoms with van der Waals surface area (Å²) in [5.41, 5.74) is 11.3. The van der Waals surface area contributed by atoms with Crippen LogP contribution in [0.15, 0.2) is 194 Å². The van der Waals surface area contributed by atoms with Crippen LogP contribution in [0.3, 0.4) is 0 Å². The third kappa shape index (κ3) is 5.86. The van der Waals surface area contributed by atoms with Gasteiger partial charge in [-0.1, -0.05) is 127 Å². The summed E-state index contributed by atoms with van der Waals surface area (Å²) in [7, 11) is 0. The third-order valence-electron chi connectivity index (χ3n) is 11.2. The zero-order chi connectivity index (χ0) is 40.9. The van der Waals surface area contributed by atoms with Gasteiger partial charge in [-0.25, -0.2) is 19.8 Å². The van der Waals surface area contributed by atoms with E-state index in [0.717, 1.165) is 67.1 Å². The van der Waals surface area contributed by atoms with Crippen molar-refractivity contribution in [2.24, 2.45) is 0 Å². The summed E-state index contributed by atoms with van der Waals surface area (Å²) in [6.07, 6.45) is 0. The minimum atomic E-state index is 0.316. The molecule has 11 rings (SSSR count). The Morgan fingerprint density at radius 2 is 0.934 bits per heavy atom. The van der Waals surface area contributed by atoms with Gasteiger partial charge in [0, 0.05) is 38.8 Å². The number of rotatable bonds is 6. The van der Waals surface area contributed by atoms with Crippen LogP contribution in [0.4, 0.5) is 39.8 Å². The molecule has 0 atom stereocenters. The molecule has 0 saturated carbocycles. The van der Waals surface area contributed by atoms with Crippen LogP contribution in [0, 0.1) is 17.9 Å². The Bertz CT molecular complexity index is 3330. The van der Waals surface area contributed by atoms with Gasteiger partial charge in [0.1, 0.15) is 6.07 Å². The minimum Gasteiger partial charge on any atom is -0.309 e. The highest BCUT2D eigenvalue weighted by molar-refractivity contribution is 6.15. The molecule has 1 aliphatic heterocycles. The fourth-order valence-electron chi connectivity index (χ4n) is 8.48. The van der Waals surface area contributed by atoms with Crippen molar-refractivity contribution in [3.63, 3.8) is 0 Å². The quantitative estimate of drug-likeness (QED) is 0.156. The lowest BCUT2D eigenvalue weighted by Gasteiger charge is -2.40. The van der Waals surface area contributed by atoms with Gasteiger partial charge in [0.15, 0.2) is 23.2 Å². The van der Waals surface area contributed by atoms with Gasteiger partial charge in [-0.05, 0) is 66.7 Å². The summed E-state index contributed by atoms with van der Waals surface area (Å²) in [6, 6.07) is 67.5. The second-order valence-corrected chi connectivity index (χ2v) is 14.7. The summed E-state index contributed by atoms with van der Waals surface area (Å²) >= 11 is 0. The average molecular weight is 781 g/mol. The fraction of sp³-hybridized carbons (Fsp3) is 0. The Balaban J connectivity index is 1.17. The molecule has 8 nitrogen and oxygen atoms in total. The molecular formula is C53H32N8. The summed E-state index contributed by atoms with van der Waals surface area (Å²) in [6.45, 7) is 8.51. The Morgan fingerprint density at radius 3 is 1.49 bits per heavy atom. The van der Waals surface area contributed by atoms with E-state index < -0.39 is 0 Å². The van der Waals surface area contributed by atoms with Crippen LogP contribution in [0.1, 0.15) is 5.56 Å². The molecule has 8 heteroatoms. The molecule has 61 heavy (non-hydrogen) atoms. The molecule has 0 saturated heterocycles. The van der Waals surface area contributed by atoms with Crippen LogP contribution in [0.2, 0.25) is 0 Å². The van der Waals surface area contributed by atoms with Crippen LogP contribution in [0.25, 0.3) is 66.5 Å². The topological polar surface area (TPSA) is 78.2 Å². The first-order chi connectivity index (χ1) is 30.2. The molecule has 10 aromatic rings. The largest absolute Gasteiger partial charge is 0.309 e. The summed E-state index contributed by atoms with van der Waals surface area (Å²) < 4.78 is 2.12. The van der Waals surface area contributed by atoms with E-state index in [1.165, 1.54) is 0 Å². The fourth-order valence-corrected chi connectivity index (χ4v) is 8.48. The van der Waals surface area contributed by atoms with E-state index in [2.05, 4.69) is 122 Å².